The van der Waals surface area contributed by atoms with Gasteiger partial charge >= 0.3 is 0 Å². The number of benzene rings is 1. The van der Waals surface area contributed by atoms with E-state index in [1.165, 1.54) is 0 Å². The highest BCUT2D eigenvalue weighted by molar-refractivity contribution is 5.93. The van der Waals surface area contributed by atoms with Crippen molar-refractivity contribution in [2.45, 2.75) is 18.8 Å². The summed E-state index contributed by atoms with van der Waals surface area (Å²) < 4.78 is 0. The third-order valence-corrected chi connectivity index (χ3v) is 4.75. The first-order valence-electron chi connectivity index (χ1n) is 8.14. The summed E-state index contributed by atoms with van der Waals surface area (Å²) in [7, 11) is 0. The van der Waals surface area contributed by atoms with Gasteiger partial charge in [-0.05, 0) is 18.2 Å². The molecule has 23 heavy (non-hydrogen) atoms. The van der Waals surface area contributed by atoms with Crippen LogP contribution in [0.25, 0.3) is 10.8 Å². The normalized spacial score (nSPS) is 22.9. The van der Waals surface area contributed by atoms with Gasteiger partial charge in [-0.2, -0.15) is 0 Å². The maximum absolute atomic E-state index is 13.0. The van der Waals surface area contributed by atoms with Crippen LogP contribution in [0, 0.1) is 0 Å². The number of hydrogen-bond acceptors (Lipinski definition) is 3. The molecule has 3 heterocycles. The number of hydrogen-bond donors (Lipinski definition) is 2. The minimum absolute atomic E-state index is 0.0263. The highest BCUT2D eigenvalue weighted by Gasteiger charge is 2.37. The number of piperazine rings is 1. The zero-order valence-corrected chi connectivity index (χ0v) is 12.9. The first-order valence-corrected chi connectivity index (χ1v) is 8.14. The molecular weight excluding hydrogens is 292 g/mol. The molecule has 2 aliphatic heterocycles. The predicted molar refractivity (Wildman–Crippen MR) is 86.6 cm³/mol. The van der Waals surface area contributed by atoms with E-state index in [1.807, 2.05) is 30.5 Å². The summed E-state index contributed by atoms with van der Waals surface area (Å²) in [4.78, 5) is 28.4. The van der Waals surface area contributed by atoms with E-state index in [1.54, 1.807) is 10.0 Å². The van der Waals surface area contributed by atoms with E-state index in [2.05, 4.69) is 10.3 Å². The zero-order valence-electron chi connectivity index (χ0n) is 12.9. The highest BCUT2D eigenvalue weighted by Crippen LogP contribution is 2.33. The molecule has 0 radical (unpaired) electrons. The Hall–Kier alpha value is -2.34. The summed E-state index contributed by atoms with van der Waals surface area (Å²) in [6, 6.07) is 8.07. The second-order valence-corrected chi connectivity index (χ2v) is 6.14. The average Bonchev–Trinajstić information content (AvgIpc) is 3.00. The van der Waals surface area contributed by atoms with Crippen LogP contribution in [0.1, 0.15) is 24.5 Å². The molecule has 4 rings (SSSR count). The van der Waals surface area contributed by atoms with Gasteiger partial charge in [0.25, 0.3) is 5.91 Å². The maximum Gasteiger partial charge on any atom is 0.255 e. The number of piperidine rings is 1. The fraction of sp³-hybridized carbons (Fsp3) is 0.412. The molecule has 1 unspecified atom stereocenters. The Morgan fingerprint density at radius 3 is 2.83 bits per heavy atom. The molecule has 2 fully saturated rings. The molecule has 120 valence electrons. The average molecular weight is 312 g/mol. The molecule has 0 aliphatic carbocycles. The van der Waals surface area contributed by atoms with Crippen LogP contribution in [0.3, 0.4) is 0 Å². The molecule has 0 bridgehead atoms. The number of amides is 2. The van der Waals surface area contributed by atoms with Crippen molar-refractivity contribution < 1.29 is 9.59 Å². The number of aromatic amines is 1. The molecule has 1 aromatic carbocycles. The van der Waals surface area contributed by atoms with Crippen LogP contribution in [0.5, 0.6) is 0 Å². The molecular formula is C17H20N4O2. The predicted octanol–water partition coefficient (Wildman–Crippen LogP) is 1.22. The fourth-order valence-corrected chi connectivity index (χ4v) is 3.61. The minimum Gasteiger partial charge on any atom is -0.363 e. The van der Waals surface area contributed by atoms with Crippen molar-refractivity contribution in [1.29, 1.82) is 0 Å². The van der Waals surface area contributed by atoms with E-state index in [0.29, 0.717) is 19.6 Å². The third-order valence-electron chi connectivity index (χ3n) is 4.75. The Morgan fingerprint density at radius 2 is 1.96 bits per heavy atom. The zero-order chi connectivity index (χ0) is 15.8. The second-order valence-electron chi connectivity index (χ2n) is 6.14. The standard InChI is InChI=1S/C17H20N4O2/c22-15-11-18-7-9-20(15)21-8-3-6-14(17(21)23)16-13-5-2-1-4-12(13)10-19-16/h1-2,4-5,10,14,18-19H,3,6-9,11H2. The van der Waals surface area contributed by atoms with E-state index in [0.717, 1.165) is 35.9 Å². The summed E-state index contributed by atoms with van der Waals surface area (Å²) in [6.07, 6.45) is 3.67. The van der Waals surface area contributed by atoms with Gasteiger partial charge in [-0.1, -0.05) is 24.3 Å². The van der Waals surface area contributed by atoms with Gasteiger partial charge in [-0.25, -0.2) is 5.01 Å². The van der Waals surface area contributed by atoms with E-state index in [9.17, 15) is 9.59 Å². The topological polar surface area (TPSA) is 68.4 Å². The van der Waals surface area contributed by atoms with Gasteiger partial charge in [0.05, 0.1) is 19.0 Å². The van der Waals surface area contributed by atoms with Gasteiger partial charge in [-0.3, -0.25) is 14.6 Å². The van der Waals surface area contributed by atoms with E-state index < -0.39 is 0 Å². The molecule has 1 aromatic heterocycles. The maximum atomic E-state index is 13.0. The molecule has 2 N–H and O–H groups in total. The Labute approximate surface area is 134 Å². The van der Waals surface area contributed by atoms with Crippen molar-refractivity contribution >= 4 is 22.6 Å². The van der Waals surface area contributed by atoms with Crippen molar-refractivity contribution in [2.75, 3.05) is 26.2 Å². The number of carbonyl (C=O) groups excluding carboxylic acids is 2. The van der Waals surface area contributed by atoms with Crippen LogP contribution < -0.4 is 5.32 Å². The van der Waals surface area contributed by atoms with Crippen molar-refractivity contribution in [2.24, 2.45) is 0 Å². The van der Waals surface area contributed by atoms with Gasteiger partial charge in [-0.15, -0.1) is 0 Å². The monoisotopic (exact) mass is 312 g/mol. The summed E-state index contributed by atoms with van der Waals surface area (Å²) >= 11 is 0. The van der Waals surface area contributed by atoms with Gasteiger partial charge in [0.1, 0.15) is 0 Å². The molecule has 6 nitrogen and oxygen atoms in total. The first-order chi connectivity index (χ1) is 11.3. The number of carbonyl (C=O) groups is 2. The number of fused-ring (bicyclic) bond motifs is 1. The number of H-pyrrole nitrogens is 1. The lowest BCUT2D eigenvalue weighted by atomic mass is 9.92. The number of rotatable bonds is 2. The van der Waals surface area contributed by atoms with Crippen LogP contribution in [-0.2, 0) is 9.59 Å². The number of nitrogens with one attached hydrogen (secondary N) is 2. The fourth-order valence-electron chi connectivity index (χ4n) is 3.61. The molecule has 0 saturated carbocycles. The molecule has 6 heteroatoms. The van der Waals surface area contributed by atoms with Crippen LogP contribution in [0.2, 0.25) is 0 Å². The number of hydrazine groups is 1. The lowest BCUT2D eigenvalue weighted by Crippen LogP contribution is -2.59. The largest absolute Gasteiger partial charge is 0.363 e. The third kappa shape index (κ3) is 2.39. The summed E-state index contributed by atoms with van der Waals surface area (Å²) in [5.74, 6) is -0.202. The van der Waals surface area contributed by atoms with Crippen molar-refractivity contribution in [1.82, 2.24) is 20.3 Å². The van der Waals surface area contributed by atoms with Crippen molar-refractivity contribution in [3.05, 3.63) is 36.2 Å². The Bertz CT molecular complexity index is 754. The van der Waals surface area contributed by atoms with Gasteiger partial charge < -0.3 is 10.3 Å². The molecule has 1 atom stereocenters. The summed E-state index contributed by atoms with van der Waals surface area (Å²) in [6.45, 7) is 2.22. The SMILES string of the molecule is O=C1CNCCN1N1CCCC(c2[nH]cc3ccccc23)C1=O. The Kier molecular flexibility index (Phi) is 3.53. The van der Waals surface area contributed by atoms with Gasteiger partial charge in [0.2, 0.25) is 5.91 Å². The molecule has 2 saturated heterocycles. The van der Waals surface area contributed by atoms with Crippen molar-refractivity contribution in [3.63, 3.8) is 0 Å². The molecule has 0 spiro atoms. The smallest absolute Gasteiger partial charge is 0.255 e. The second kappa shape index (κ2) is 5.70. The molecule has 2 aromatic rings. The van der Waals surface area contributed by atoms with Crippen molar-refractivity contribution in [3.8, 4) is 0 Å². The number of aromatic nitrogens is 1. The van der Waals surface area contributed by atoms with E-state index in [4.69, 9.17) is 0 Å². The summed E-state index contributed by atoms with van der Waals surface area (Å²) in [5, 5.41) is 8.54. The van der Waals surface area contributed by atoms with Crippen LogP contribution in [0.15, 0.2) is 30.5 Å². The first kappa shape index (κ1) is 14.3. The van der Waals surface area contributed by atoms with E-state index in [-0.39, 0.29) is 17.7 Å². The molecule has 2 amide bonds. The minimum atomic E-state index is -0.202. The van der Waals surface area contributed by atoms with E-state index >= 15 is 0 Å². The summed E-state index contributed by atoms with van der Waals surface area (Å²) in [5.41, 5.74) is 0.970. The highest BCUT2D eigenvalue weighted by atomic mass is 16.2. The van der Waals surface area contributed by atoms with Crippen LogP contribution >= 0.6 is 0 Å². The number of nitrogens with zero attached hydrogens (tertiary/aromatic N) is 2. The van der Waals surface area contributed by atoms with Gasteiger partial charge in [0, 0.05) is 30.4 Å². The lowest BCUT2D eigenvalue weighted by molar-refractivity contribution is -0.169. The molecule has 2 aliphatic rings. The van der Waals surface area contributed by atoms with Gasteiger partial charge in [0.15, 0.2) is 0 Å². The Balaban J connectivity index is 1.65. The lowest BCUT2D eigenvalue weighted by Gasteiger charge is -2.41. The quantitative estimate of drug-likeness (QED) is 0.876. The van der Waals surface area contributed by atoms with Crippen LogP contribution in [0.4, 0.5) is 0 Å². The Morgan fingerprint density at radius 1 is 1.09 bits per heavy atom. The van der Waals surface area contributed by atoms with Crippen LogP contribution in [-0.4, -0.2) is 53.0 Å².